The topological polar surface area (TPSA) is 67.4 Å². The molecule has 2 N–H and O–H groups in total. The molecule has 2 amide bonds. The SMILES string of the molecule is CNC(=O)c1ccc(NC(=O)C(C)(C)CCCOc2cc(C)ccc2C)cc1. The summed E-state index contributed by atoms with van der Waals surface area (Å²) in [6.45, 7) is 8.50. The van der Waals surface area contributed by atoms with E-state index in [0.29, 0.717) is 24.3 Å². The van der Waals surface area contributed by atoms with Crippen LogP contribution in [0.25, 0.3) is 0 Å². The van der Waals surface area contributed by atoms with Crippen LogP contribution in [0.15, 0.2) is 42.5 Å². The van der Waals surface area contributed by atoms with Gasteiger partial charge in [-0.25, -0.2) is 0 Å². The number of carbonyl (C=O) groups is 2. The predicted molar refractivity (Wildman–Crippen MR) is 113 cm³/mol. The van der Waals surface area contributed by atoms with E-state index in [1.807, 2.05) is 33.8 Å². The third-order valence-corrected chi connectivity index (χ3v) is 4.79. The molecule has 0 saturated carbocycles. The van der Waals surface area contributed by atoms with Gasteiger partial charge in [0.25, 0.3) is 5.91 Å². The molecule has 0 aliphatic heterocycles. The van der Waals surface area contributed by atoms with Crippen molar-refractivity contribution in [3.05, 3.63) is 59.2 Å². The molecule has 0 fully saturated rings. The summed E-state index contributed by atoms with van der Waals surface area (Å²) >= 11 is 0. The zero-order valence-corrected chi connectivity index (χ0v) is 17.4. The summed E-state index contributed by atoms with van der Waals surface area (Å²) in [6, 6.07) is 13.0. The number of ether oxygens (including phenoxy) is 1. The molecular formula is C23H30N2O3. The fourth-order valence-electron chi connectivity index (χ4n) is 2.82. The van der Waals surface area contributed by atoms with E-state index in [1.165, 1.54) is 5.56 Å². The summed E-state index contributed by atoms with van der Waals surface area (Å²) in [6.07, 6.45) is 1.49. The second-order valence-corrected chi connectivity index (χ2v) is 7.72. The van der Waals surface area contributed by atoms with Crippen molar-refractivity contribution >= 4 is 17.5 Å². The Morgan fingerprint density at radius 2 is 1.71 bits per heavy atom. The maximum absolute atomic E-state index is 12.6. The molecule has 2 rings (SSSR count). The number of anilines is 1. The minimum atomic E-state index is -0.523. The standard InChI is InChI=1S/C23H30N2O3/c1-16-7-8-17(2)20(15-16)28-14-6-13-23(3,4)22(27)25-19-11-9-18(10-12-19)21(26)24-5/h7-12,15H,6,13-14H2,1-5H3,(H,24,26)(H,25,27). The lowest BCUT2D eigenvalue weighted by atomic mass is 9.87. The van der Waals surface area contributed by atoms with Crippen molar-refractivity contribution in [2.45, 2.75) is 40.5 Å². The summed E-state index contributed by atoms with van der Waals surface area (Å²) in [4.78, 5) is 24.2. The van der Waals surface area contributed by atoms with Crippen molar-refractivity contribution in [2.75, 3.05) is 19.0 Å². The van der Waals surface area contributed by atoms with E-state index >= 15 is 0 Å². The minimum absolute atomic E-state index is 0.0491. The Hall–Kier alpha value is -2.82. The Labute approximate surface area is 167 Å². The van der Waals surface area contributed by atoms with E-state index in [4.69, 9.17) is 4.74 Å². The van der Waals surface area contributed by atoms with Crippen LogP contribution in [0.1, 0.15) is 48.2 Å². The number of hydrogen-bond acceptors (Lipinski definition) is 3. The number of rotatable bonds is 8. The van der Waals surface area contributed by atoms with Crippen molar-refractivity contribution in [2.24, 2.45) is 5.41 Å². The van der Waals surface area contributed by atoms with Gasteiger partial charge in [0.05, 0.1) is 6.61 Å². The highest BCUT2D eigenvalue weighted by molar-refractivity contribution is 5.97. The van der Waals surface area contributed by atoms with Gasteiger partial charge in [-0.15, -0.1) is 0 Å². The highest BCUT2D eigenvalue weighted by atomic mass is 16.5. The smallest absolute Gasteiger partial charge is 0.251 e. The van der Waals surface area contributed by atoms with Gasteiger partial charge in [-0.05, 0) is 68.1 Å². The van der Waals surface area contributed by atoms with E-state index in [9.17, 15) is 9.59 Å². The maximum Gasteiger partial charge on any atom is 0.251 e. The molecule has 0 unspecified atom stereocenters. The van der Waals surface area contributed by atoms with Gasteiger partial charge in [0.1, 0.15) is 5.75 Å². The third-order valence-electron chi connectivity index (χ3n) is 4.79. The molecule has 5 nitrogen and oxygen atoms in total. The van der Waals surface area contributed by atoms with Crippen molar-refractivity contribution in [1.29, 1.82) is 0 Å². The molecule has 2 aromatic carbocycles. The highest BCUT2D eigenvalue weighted by Gasteiger charge is 2.27. The summed E-state index contributed by atoms with van der Waals surface area (Å²) < 4.78 is 5.89. The molecule has 0 aromatic heterocycles. The number of nitrogens with one attached hydrogen (secondary N) is 2. The predicted octanol–water partition coefficient (Wildman–Crippen LogP) is 4.49. The fraction of sp³-hybridized carbons (Fsp3) is 0.391. The molecule has 0 heterocycles. The van der Waals surface area contributed by atoms with Gasteiger partial charge < -0.3 is 15.4 Å². The molecule has 0 atom stereocenters. The molecule has 0 saturated heterocycles. The second kappa shape index (κ2) is 9.40. The van der Waals surface area contributed by atoms with Crippen LogP contribution in [0.2, 0.25) is 0 Å². The van der Waals surface area contributed by atoms with Crippen LogP contribution < -0.4 is 15.4 Å². The molecule has 0 spiro atoms. The Bertz CT molecular complexity index is 826. The van der Waals surface area contributed by atoms with Crippen LogP contribution in [-0.2, 0) is 4.79 Å². The van der Waals surface area contributed by atoms with E-state index in [2.05, 4.69) is 22.8 Å². The monoisotopic (exact) mass is 382 g/mol. The first-order chi connectivity index (χ1) is 13.2. The molecule has 150 valence electrons. The lowest BCUT2D eigenvalue weighted by Crippen LogP contribution is -2.31. The molecule has 5 heteroatoms. The van der Waals surface area contributed by atoms with Crippen LogP contribution in [0.4, 0.5) is 5.69 Å². The molecule has 0 bridgehead atoms. The average molecular weight is 383 g/mol. The van der Waals surface area contributed by atoms with Crippen LogP contribution in [-0.4, -0.2) is 25.5 Å². The fourth-order valence-corrected chi connectivity index (χ4v) is 2.82. The lowest BCUT2D eigenvalue weighted by molar-refractivity contribution is -0.124. The van der Waals surface area contributed by atoms with Gasteiger partial charge >= 0.3 is 0 Å². The molecular weight excluding hydrogens is 352 g/mol. The Morgan fingerprint density at radius 3 is 2.36 bits per heavy atom. The molecule has 0 aliphatic carbocycles. The minimum Gasteiger partial charge on any atom is -0.493 e. The number of hydrogen-bond donors (Lipinski definition) is 2. The normalized spacial score (nSPS) is 11.0. The van der Waals surface area contributed by atoms with Gasteiger partial charge in [-0.2, -0.15) is 0 Å². The van der Waals surface area contributed by atoms with Crippen LogP contribution >= 0.6 is 0 Å². The number of carbonyl (C=O) groups excluding carboxylic acids is 2. The maximum atomic E-state index is 12.6. The second-order valence-electron chi connectivity index (χ2n) is 7.72. The molecule has 28 heavy (non-hydrogen) atoms. The number of aryl methyl sites for hydroxylation is 2. The van der Waals surface area contributed by atoms with E-state index < -0.39 is 5.41 Å². The largest absolute Gasteiger partial charge is 0.493 e. The van der Waals surface area contributed by atoms with Gasteiger partial charge in [0, 0.05) is 23.7 Å². The van der Waals surface area contributed by atoms with Crippen LogP contribution in [0, 0.1) is 19.3 Å². The van der Waals surface area contributed by atoms with E-state index in [-0.39, 0.29) is 11.8 Å². The first kappa shape index (κ1) is 21.5. The first-order valence-corrected chi connectivity index (χ1v) is 9.56. The molecule has 0 aliphatic rings. The van der Waals surface area contributed by atoms with E-state index in [0.717, 1.165) is 17.7 Å². The van der Waals surface area contributed by atoms with Gasteiger partial charge in [-0.1, -0.05) is 26.0 Å². The summed E-state index contributed by atoms with van der Waals surface area (Å²) in [5.74, 6) is 0.701. The van der Waals surface area contributed by atoms with Gasteiger partial charge in [-0.3, -0.25) is 9.59 Å². The van der Waals surface area contributed by atoms with Gasteiger partial charge in [0.2, 0.25) is 5.91 Å². The highest BCUT2D eigenvalue weighted by Crippen LogP contribution is 2.26. The van der Waals surface area contributed by atoms with Gasteiger partial charge in [0.15, 0.2) is 0 Å². The zero-order valence-electron chi connectivity index (χ0n) is 17.4. The average Bonchev–Trinajstić information content (AvgIpc) is 2.67. The lowest BCUT2D eigenvalue weighted by Gasteiger charge is -2.23. The Morgan fingerprint density at radius 1 is 1.04 bits per heavy atom. The molecule has 2 aromatic rings. The van der Waals surface area contributed by atoms with E-state index in [1.54, 1.807) is 31.3 Å². The number of amides is 2. The third kappa shape index (κ3) is 5.84. The summed E-state index contributed by atoms with van der Waals surface area (Å²) in [5, 5.41) is 5.50. The quantitative estimate of drug-likeness (QED) is 0.661. The van der Waals surface area contributed by atoms with Crippen molar-refractivity contribution in [3.8, 4) is 5.75 Å². The Kier molecular flexibility index (Phi) is 7.21. The van der Waals surface area contributed by atoms with Crippen molar-refractivity contribution in [3.63, 3.8) is 0 Å². The van der Waals surface area contributed by atoms with Crippen molar-refractivity contribution < 1.29 is 14.3 Å². The van der Waals surface area contributed by atoms with Crippen LogP contribution in [0.3, 0.4) is 0 Å². The first-order valence-electron chi connectivity index (χ1n) is 9.56. The van der Waals surface area contributed by atoms with Crippen molar-refractivity contribution in [1.82, 2.24) is 5.32 Å². The summed E-state index contributed by atoms with van der Waals surface area (Å²) in [5.41, 5.74) is 3.00. The zero-order chi connectivity index (χ0) is 20.7. The number of benzene rings is 2. The summed E-state index contributed by atoms with van der Waals surface area (Å²) in [7, 11) is 1.59. The Balaban J connectivity index is 1.85. The van der Waals surface area contributed by atoms with Crippen LogP contribution in [0.5, 0.6) is 5.75 Å². The molecule has 0 radical (unpaired) electrons.